The molecule has 0 amide bonds. The summed E-state index contributed by atoms with van der Waals surface area (Å²) in [5, 5.41) is 7.30. The Hall–Kier alpha value is -2.13. The zero-order valence-electron chi connectivity index (χ0n) is 15.8. The van der Waals surface area contributed by atoms with E-state index < -0.39 is 10.0 Å². The molecule has 150 valence electrons. The number of aromatic amines is 1. The van der Waals surface area contributed by atoms with E-state index in [-0.39, 0.29) is 11.6 Å². The van der Waals surface area contributed by atoms with Crippen molar-refractivity contribution in [3.05, 3.63) is 35.8 Å². The first-order valence-corrected chi connectivity index (χ1v) is 10.9. The molecule has 0 atom stereocenters. The van der Waals surface area contributed by atoms with Crippen molar-refractivity contribution in [2.75, 3.05) is 31.9 Å². The maximum absolute atomic E-state index is 13.4. The number of rotatable bonds is 10. The summed E-state index contributed by atoms with van der Waals surface area (Å²) in [5.41, 5.74) is 1.96. The van der Waals surface area contributed by atoms with Crippen molar-refractivity contribution in [2.24, 2.45) is 4.99 Å². The van der Waals surface area contributed by atoms with Gasteiger partial charge in [-0.25, -0.2) is 17.5 Å². The summed E-state index contributed by atoms with van der Waals surface area (Å²) in [7, 11) is -3.15. The van der Waals surface area contributed by atoms with E-state index >= 15 is 0 Å². The van der Waals surface area contributed by atoms with Crippen molar-refractivity contribution >= 4 is 26.9 Å². The fraction of sp³-hybridized carbons (Fsp3) is 0.500. The van der Waals surface area contributed by atoms with Crippen molar-refractivity contribution in [1.29, 1.82) is 0 Å². The number of sulfonamides is 1. The van der Waals surface area contributed by atoms with Crippen LogP contribution in [0.3, 0.4) is 0 Å². The second kappa shape index (κ2) is 10.3. The third-order valence-electron chi connectivity index (χ3n) is 4.07. The standard InChI is InChI=1S/C18H28FN5O2S/c1-3-20-18(21-9-5-10-24-27(25,26)4-2)22-11-8-14-13-23-17-7-6-15(19)12-16(14)17/h6-7,12-13,23-24H,3-5,8-11H2,1-2H3,(H2,20,21,22). The number of aliphatic imine (C=N–C) groups is 1. The number of guanidine groups is 1. The second-order valence-corrected chi connectivity index (χ2v) is 8.19. The quantitative estimate of drug-likeness (QED) is 0.279. The molecule has 7 nitrogen and oxygen atoms in total. The number of aromatic nitrogens is 1. The number of halogens is 1. The molecule has 0 aliphatic heterocycles. The second-order valence-electron chi connectivity index (χ2n) is 6.09. The molecule has 0 bridgehead atoms. The summed E-state index contributed by atoms with van der Waals surface area (Å²) in [5.74, 6) is 0.518. The lowest BCUT2D eigenvalue weighted by Gasteiger charge is -2.11. The largest absolute Gasteiger partial charge is 0.361 e. The van der Waals surface area contributed by atoms with E-state index in [2.05, 4.69) is 25.3 Å². The number of H-pyrrole nitrogens is 1. The highest BCUT2D eigenvalue weighted by Crippen LogP contribution is 2.19. The van der Waals surface area contributed by atoms with Crippen LogP contribution in [0.1, 0.15) is 25.8 Å². The topological polar surface area (TPSA) is 98.4 Å². The van der Waals surface area contributed by atoms with Crippen molar-refractivity contribution in [1.82, 2.24) is 20.3 Å². The van der Waals surface area contributed by atoms with Gasteiger partial charge in [-0.2, -0.15) is 0 Å². The summed E-state index contributed by atoms with van der Waals surface area (Å²) >= 11 is 0. The van der Waals surface area contributed by atoms with Gasteiger partial charge in [-0.05, 0) is 50.5 Å². The number of fused-ring (bicyclic) bond motifs is 1. The molecule has 27 heavy (non-hydrogen) atoms. The minimum absolute atomic E-state index is 0.0815. The van der Waals surface area contributed by atoms with Crippen LogP contribution in [0.2, 0.25) is 0 Å². The average Bonchev–Trinajstić information content (AvgIpc) is 3.03. The smallest absolute Gasteiger partial charge is 0.211 e. The van der Waals surface area contributed by atoms with Gasteiger partial charge in [-0.3, -0.25) is 4.99 Å². The van der Waals surface area contributed by atoms with E-state index in [1.807, 2.05) is 13.1 Å². The van der Waals surface area contributed by atoms with Gasteiger partial charge in [0, 0.05) is 43.3 Å². The number of hydrogen-bond donors (Lipinski definition) is 4. The molecular weight excluding hydrogens is 369 g/mol. The van der Waals surface area contributed by atoms with Crippen molar-refractivity contribution < 1.29 is 12.8 Å². The maximum Gasteiger partial charge on any atom is 0.211 e. The van der Waals surface area contributed by atoms with Crippen LogP contribution in [0.25, 0.3) is 10.9 Å². The molecule has 1 aromatic heterocycles. The fourth-order valence-corrected chi connectivity index (χ4v) is 3.27. The van der Waals surface area contributed by atoms with Gasteiger partial charge in [-0.15, -0.1) is 0 Å². The highest BCUT2D eigenvalue weighted by molar-refractivity contribution is 7.89. The molecule has 9 heteroatoms. The van der Waals surface area contributed by atoms with E-state index in [9.17, 15) is 12.8 Å². The first kappa shape index (κ1) is 21.2. The summed E-state index contributed by atoms with van der Waals surface area (Å²) < 4.78 is 38.7. The van der Waals surface area contributed by atoms with Crippen molar-refractivity contribution in [3.63, 3.8) is 0 Å². The van der Waals surface area contributed by atoms with E-state index in [4.69, 9.17) is 0 Å². The third-order valence-corrected chi connectivity index (χ3v) is 5.47. The molecule has 1 heterocycles. The molecule has 0 aliphatic rings. The van der Waals surface area contributed by atoms with Gasteiger partial charge in [0.1, 0.15) is 5.82 Å². The zero-order chi connectivity index (χ0) is 19.7. The van der Waals surface area contributed by atoms with E-state index in [0.29, 0.717) is 32.0 Å². The summed E-state index contributed by atoms with van der Waals surface area (Å²) in [4.78, 5) is 7.59. The number of nitrogens with one attached hydrogen (secondary N) is 4. The van der Waals surface area contributed by atoms with Crippen molar-refractivity contribution in [3.8, 4) is 0 Å². The van der Waals surface area contributed by atoms with E-state index in [1.54, 1.807) is 13.0 Å². The molecule has 0 saturated carbocycles. The van der Waals surface area contributed by atoms with Crippen LogP contribution in [0.4, 0.5) is 4.39 Å². The minimum atomic E-state index is -3.15. The van der Waals surface area contributed by atoms with Crippen LogP contribution in [-0.4, -0.2) is 51.3 Å². The van der Waals surface area contributed by atoms with E-state index in [0.717, 1.165) is 29.4 Å². The fourth-order valence-electron chi connectivity index (χ4n) is 2.61. The Labute approximate surface area is 159 Å². The van der Waals surface area contributed by atoms with E-state index in [1.165, 1.54) is 12.1 Å². The monoisotopic (exact) mass is 397 g/mol. The van der Waals surface area contributed by atoms with Gasteiger partial charge in [0.15, 0.2) is 5.96 Å². The molecule has 0 spiro atoms. The normalized spacial score (nSPS) is 12.5. The molecule has 0 saturated heterocycles. The minimum Gasteiger partial charge on any atom is -0.361 e. The zero-order valence-corrected chi connectivity index (χ0v) is 16.6. The number of hydrogen-bond acceptors (Lipinski definition) is 3. The Balaban J connectivity index is 1.82. The predicted octanol–water partition coefficient (Wildman–Crippen LogP) is 1.73. The molecule has 0 radical (unpaired) electrons. The van der Waals surface area contributed by atoms with Gasteiger partial charge in [0.25, 0.3) is 0 Å². The molecule has 0 unspecified atom stereocenters. The first-order chi connectivity index (χ1) is 12.9. The van der Waals surface area contributed by atoms with Gasteiger partial charge >= 0.3 is 0 Å². The maximum atomic E-state index is 13.4. The van der Waals surface area contributed by atoms with Crippen LogP contribution in [0, 0.1) is 5.82 Å². The Morgan fingerprint density at radius 1 is 1.22 bits per heavy atom. The van der Waals surface area contributed by atoms with Crippen LogP contribution >= 0.6 is 0 Å². The number of benzene rings is 1. The Morgan fingerprint density at radius 3 is 2.78 bits per heavy atom. The lowest BCUT2D eigenvalue weighted by molar-refractivity contribution is 0.581. The molecule has 0 fully saturated rings. The molecular formula is C18H28FN5O2S. The Morgan fingerprint density at radius 2 is 2.04 bits per heavy atom. The summed E-state index contributed by atoms with van der Waals surface area (Å²) in [6.45, 7) is 5.86. The third kappa shape index (κ3) is 6.84. The molecule has 2 aromatic rings. The van der Waals surface area contributed by atoms with Crippen LogP contribution in [0.5, 0.6) is 0 Å². The van der Waals surface area contributed by atoms with Gasteiger partial charge in [0.05, 0.1) is 5.75 Å². The summed E-state index contributed by atoms with van der Waals surface area (Å²) in [6.07, 6.45) is 3.25. The molecule has 2 rings (SSSR count). The Bertz CT molecular complexity index is 864. The molecule has 1 aromatic carbocycles. The highest BCUT2D eigenvalue weighted by Gasteiger charge is 2.06. The lowest BCUT2D eigenvalue weighted by Crippen LogP contribution is -2.38. The SMILES string of the molecule is CCNC(=NCCCNS(=O)(=O)CC)NCCc1c[nH]c2ccc(F)cc12. The van der Waals surface area contributed by atoms with Crippen LogP contribution in [-0.2, 0) is 16.4 Å². The van der Waals surface area contributed by atoms with Crippen molar-refractivity contribution in [2.45, 2.75) is 26.7 Å². The van der Waals surface area contributed by atoms with Gasteiger partial charge < -0.3 is 15.6 Å². The molecule has 4 N–H and O–H groups in total. The van der Waals surface area contributed by atoms with Crippen LogP contribution < -0.4 is 15.4 Å². The highest BCUT2D eigenvalue weighted by atomic mass is 32.2. The first-order valence-electron chi connectivity index (χ1n) is 9.20. The number of nitrogens with zero attached hydrogens (tertiary/aromatic N) is 1. The molecule has 0 aliphatic carbocycles. The Kier molecular flexibility index (Phi) is 8.05. The van der Waals surface area contributed by atoms with Crippen LogP contribution in [0.15, 0.2) is 29.4 Å². The predicted molar refractivity (Wildman–Crippen MR) is 108 cm³/mol. The lowest BCUT2D eigenvalue weighted by atomic mass is 10.1. The average molecular weight is 398 g/mol. The summed E-state index contributed by atoms with van der Waals surface area (Å²) in [6, 6.07) is 4.72. The van der Waals surface area contributed by atoms with Gasteiger partial charge in [-0.1, -0.05) is 0 Å². The van der Waals surface area contributed by atoms with Gasteiger partial charge in [0.2, 0.25) is 10.0 Å².